The second kappa shape index (κ2) is 8.44. The molecule has 0 fully saturated rings. The molecular formula is C20H17F3N2O5. The van der Waals surface area contributed by atoms with Crippen LogP contribution in [-0.2, 0) is 11.0 Å². The van der Waals surface area contributed by atoms with E-state index in [4.69, 9.17) is 19.0 Å². The maximum atomic E-state index is 12.7. The molecule has 7 nitrogen and oxygen atoms in total. The molecule has 1 heterocycles. The predicted molar refractivity (Wildman–Crippen MR) is 98.1 cm³/mol. The van der Waals surface area contributed by atoms with Crippen molar-refractivity contribution in [1.82, 2.24) is 10.2 Å². The highest BCUT2D eigenvalue weighted by atomic mass is 19.4. The van der Waals surface area contributed by atoms with Crippen molar-refractivity contribution in [2.45, 2.75) is 26.1 Å². The Kier molecular flexibility index (Phi) is 5.95. The number of aryl methyl sites for hydroxylation is 1. The van der Waals surface area contributed by atoms with Gasteiger partial charge in [0, 0.05) is 5.56 Å². The van der Waals surface area contributed by atoms with E-state index in [0.29, 0.717) is 22.6 Å². The fourth-order valence-corrected chi connectivity index (χ4v) is 2.57. The Morgan fingerprint density at radius 3 is 2.47 bits per heavy atom. The first-order valence-corrected chi connectivity index (χ1v) is 8.76. The third-order valence-corrected chi connectivity index (χ3v) is 4.06. The van der Waals surface area contributed by atoms with Crippen LogP contribution in [0, 0.1) is 6.92 Å². The molecule has 1 aromatic heterocycles. The van der Waals surface area contributed by atoms with Gasteiger partial charge in [-0.3, -0.25) is 0 Å². The first-order valence-electron chi connectivity index (χ1n) is 8.76. The second-order valence-electron chi connectivity index (χ2n) is 6.39. The van der Waals surface area contributed by atoms with Crippen LogP contribution in [0.15, 0.2) is 46.9 Å². The van der Waals surface area contributed by atoms with E-state index in [2.05, 4.69) is 10.2 Å². The minimum atomic E-state index is -4.42. The van der Waals surface area contributed by atoms with Crippen molar-refractivity contribution < 1.29 is 37.0 Å². The van der Waals surface area contributed by atoms with Crippen LogP contribution < -0.4 is 9.47 Å². The number of carboxylic acid groups (broad SMARTS) is 1. The molecule has 30 heavy (non-hydrogen) atoms. The van der Waals surface area contributed by atoms with Crippen LogP contribution in [0.2, 0.25) is 0 Å². The van der Waals surface area contributed by atoms with Crippen molar-refractivity contribution in [2.24, 2.45) is 0 Å². The molecule has 1 atom stereocenters. The number of carboxylic acids is 1. The average Bonchev–Trinajstić information content (AvgIpc) is 3.17. The zero-order valence-electron chi connectivity index (χ0n) is 15.9. The lowest BCUT2D eigenvalue weighted by Gasteiger charge is -2.13. The van der Waals surface area contributed by atoms with Gasteiger partial charge in [-0.05, 0) is 61.9 Å². The summed E-state index contributed by atoms with van der Waals surface area (Å²) >= 11 is 0. The smallest absolute Gasteiger partial charge is 0.416 e. The number of alkyl halides is 3. The molecule has 0 aliphatic heterocycles. The highest BCUT2D eigenvalue weighted by Gasteiger charge is 2.30. The fourth-order valence-electron chi connectivity index (χ4n) is 2.57. The van der Waals surface area contributed by atoms with Crippen molar-refractivity contribution in [1.29, 1.82) is 0 Å². The zero-order chi connectivity index (χ0) is 21.9. The van der Waals surface area contributed by atoms with Crippen LogP contribution in [-0.4, -0.2) is 27.9 Å². The van der Waals surface area contributed by atoms with E-state index >= 15 is 0 Å². The second-order valence-corrected chi connectivity index (χ2v) is 6.39. The quantitative estimate of drug-likeness (QED) is 0.591. The van der Waals surface area contributed by atoms with Crippen LogP contribution in [0.5, 0.6) is 11.5 Å². The van der Waals surface area contributed by atoms with E-state index in [0.717, 1.165) is 12.1 Å². The first-order chi connectivity index (χ1) is 14.1. The highest BCUT2D eigenvalue weighted by Crippen LogP contribution is 2.31. The van der Waals surface area contributed by atoms with Gasteiger partial charge in [-0.15, -0.1) is 10.2 Å². The van der Waals surface area contributed by atoms with Crippen molar-refractivity contribution in [3.8, 4) is 23.0 Å². The Hall–Kier alpha value is -3.56. The first kappa shape index (κ1) is 21.2. The van der Waals surface area contributed by atoms with E-state index in [9.17, 15) is 18.0 Å². The topological polar surface area (TPSA) is 94.7 Å². The molecule has 158 valence electrons. The van der Waals surface area contributed by atoms with Crippen molar-refractivity contribution in [3.05, 3.63) is 59.5 Å². The molecule has 2 aromatic carbocycles. The minimum Gasteiger partial charge on any atom is -0.482 e. The van der Waals surface area contributed by atoms with Crippen LogP contribution in [0.4, 0.5) is 13.2 Å². The molecule has 1 unspecified atom stereocenters. The standard InChI is InChI=1S/C20H17F3N2O5/c1-11-9-15(7-8-16(11)28-10-17(26)27)29-12(2)18-24-25-19(30-18)13-3-5-14(6-4-13)20(21,22)23/h3-9,12H,10H2,1-2H3,(H,26,27). The van der Waals surface area contributed by atoms with Crippen molar-refractivity contribution in [3.63, 3.8) is 0 Å². The predicted octanol–water partition coefficient (Wildman–Crippen LogP) is 4.67. The monoisotopic (exact) mass is 422 g/mol. The van der Waals surface area contributed by atoms with E-state index in [1.165, 1.54) is 12.1 Å². The number of halogens is 3. The zero-order valence-corrected chi connectivity index (χ0v) is 15.9. The number of aromatic nitrogens is 2. The van der Waals surface area contributed by atoms with Gasteiger partial charge in [-0.1, -0.05) is 0 Å². The van der Waals surface area contributed by atoms with Crippen LogP contribution in [0.1, 0.15) is 30.0 Å². The summed E-state index contributed by atoms with van der Waals surface area (Å²) in [5, 5.41) is 16.4. The highest BCUT2D eigenvalue weighted by molar-refractivity contribution is 5.68. The molecular weight excluding hydrogens is 405 g/mol. The third-order valence-electron chi connectivity index (χ3n) is 4.06. The lowest BCUT2D eigenvalue weighted by Crippen LogP contribution is -2.10. The Morgan fingerprint density at radius 1 is 1.17 bits per heavy atom. The summed E-state index contributed by atoms with van der Waals surface area (Å²) in [5.41, 5.74) is 0.260. The number of hydrogen-bond donors (Lipinski definition) is 1. The summed E-state index contributed by atoms with van der Waals surface area (Å²) in [7, 11) is 0. The average molecular weight is 422 g/mol. The fraction of sp³-hybridized carbons (Fsp3) is 0.250. The third kappa shape index (κ3) is 5.07. The maximum Gasteiger partial charge on any atom is 0.416 e. The number of benzene rings is 2. The Labute approximate surface area is 169 Å². The SMILES string of the molecule is Cc1cc(OC(C)c2nnc(-c3ccc(C(F)(F)F)cc3)o2)ccc1OCC(=O)O. The van der Waals surface area contributed by atoms with Crippen LogP contribution in [0.25, 0.3) is 11.5 Å². The van der Waals surface area contributed by atoms with Gasteiger partial charge in [0.05, 0.1) is 5.56 Å². The number of carbonyl (C=O) groups is 1. The van der Waals surface area contributed by atoms with Gasteiger partial charge in [0.2, 0.25) is 5.89 Å². The summed E-state index contributed by atoms with van der Waals surface area (Å²) < 4.78 is 54.5. The summed E-state index contributed by atoms with van der Waals surface area (Å²) in [6.45, 7) is 2.96. The van der Waals surface area contributed by atoms with E-state index < -0.39 is 30.4 Å². The van der Waals surface area contributed by atoms with Crippen LogP contribution >= 0.6 is 0 Å². The van der Waals surface area contributed by atoms with Gasteiger partial charge < -0.3 is 19.0 Å². The number of rotatable bonds is 7. The summed E-state index contributed by atoms with van der Waals surface area (Å²) in [6, 6.07) is 9.25. The molecule has 10 heteroatoms. The molecule has 0 saturated carbocycles. The lowest BCUT2D eigenvalue weighted by molar-refractivity contribution is -0.139. The Bertz CT molecular complexity index is 1030. The molecule has 0 aliphatic rings. The van der Waals surface area contributed by atoms with Crippen molar-refractivity contribution >= 4 is 5.97 Å². The number of ether oxygens (including phenoxy) is 2. The normalized spacial score (nSPS) is 12.4. The van der Waals surface area contributed by atoms with Crippen LogP contribution in [0.3, 0.4) is 0 Å². The van der Waals surface area contributed by atoms with E-state index in [1.54, 1.807) is 32.0 Å². The summed E-state index contributed by atoms with van der Waals surface area (Å²) in [4.78, 5) is 10.6. The molecule has 1 N–H and O–H groups in total. The van der Waals surface area contributed by atoms with Crippen molar-refractivity contribution in [2.75, 3.05) is 6.61 Å². The van der Waals surface area contributed by atoms with Gasteiger partial charge >= 0.3 is 12.1 Å². The number of aliphatic carboxylic acids is 1. The Balaban J connectivity index is 1.68. The largest absolute Gasteiger partial charge is 0.482 e. The molecule has 0 saturated heterocycles. The number of hydrogen-bond acceptors (Lipinski definition) is 6. The minimum absolute atomic E-state index is 0.0720. The molecule has 0 aliphatic carbocycles. The Morgan fingerprint density at radius 2 is 1.87 bits per heavy atom. The van der Waals surface area contributed by atoms with Gasteiger partial charge in [0.25, 0.3) is 5.89 Å². The van der Waals surface area contributed by atoms with E-state index in [1.807, 2.05) is 0 Å². The van der Waals surface area contributed by atoms with Gasteiger partial charge in [0.1, 0.15) is 11.5 Å². The van der Waals surface area contributed by atoms with Gasteiger partial charge in [-0.25, -0.2) is 4.79 Å². The molecule has 0 amide bonds. The molecule has 0 bridgehead atoms. The summed E-state index contributed by atoms with van der Waals surface area (Å²) in [6.07, 6.45) is -5.06. The molecule has 3 rings (SSSR count). The van der Waals surface area contributed by atoms with E-state index in [-0.39, 0.29) is 11.8 Å². The summed E-state index contributed by atoms with van der Waals surface area (Å²) in [5.74, 6) is 0.0249. The number of nitrogens with zero attached hydrogens (tertiary/aromatic N) is 2. The maximum absolute atomic E-state index is 12.7. The molecule has 0 spiro atoms. The van der Waals surface area contributed by atoms with Gasteiger partial charge in [0.15, 0.2) is 12.7 Å². The molecule has 3 aromatic rings. The van der Waals surface area contributed by atoms with Gasteiger partial charge in [-0.2, -0.15) is 13.2 Å². The molecule has 0 radical (unpaired) electrons. The lowest BCUT2D eigenvalue weighted by atomic mass is 10.1.